The SMILES string of the molecule is CC1=Cc2nc3cc(C)ccc3cc2CC1(C)C. The maximum absolute atomic E-state index is 4.82. The Labute approximate surface area is 109 Å². The van der Waals surface area contributed by atoms with Crippen LogP contribution in [0.2, 0.25) is 0 Å². The van der Waals surface area contributed by atoms with E-state index in [1.54, 1.807) is 0 Å². The molecule has 1 aliphatic rings. The average molecular weight is 237 g/mol. The first-order valence-electron chi connectivity index (χ1n) is 6.55. The molecular formula is C17H19N. The van der Waals surface area contributed by atoms with Gasteiger partial charge in [-0.15, -0.1) is 0 Å². The fraction of sp³-hybridized carbons (Fsp3) is 0.353. The average Bonchev–Trinajstić information content (AvgIpc) is 2.28. The number of rotatable bonds is 0. The Morgan fingerprint density at radius 2 is 1.89 bits per heavy atom. The maximum atomic E-state index is 4.82. The van der Waals surface area contributed by atoms with Crippen LogP contribution in [0.25, 0.3) is 17.0 Å². The predicted octanol–water partition coefficient (Wildman–Crippen LogP) is 4.53. The van der Waals surface area contributed by atoms with E-state index in [1.165, 1.54) is 22.1 Å². The number of nitrogens with zero attached hydrogens (tertiary/aromatic N) is 1. The van der Waals surface area contributed by atoms with E-state index in [2.05, 4.69) is 58.0 Å². The van der Waals surface area contributed by atoms with Crippen molar-refractivity contribution in [3.8, 4) is 0 Å². The van der Waals surface area contributed by atoms with Crippen molar-refractivity contribution in [3.63, 3.8) is 0 Å². The van der Waals surface area contributed by atoms with Crippen molar-refractivity contribution in [2.45, 2.75) is 34.1 Å². The van der Waals surface area contributed by atoms with Crippen LogP contribution in [0.15, 0.2) is 29.8 Å². The normalized spacial score (nSPS) is 17.4. The molecule has 3 rings (SSSR count). The van der Waals surface area contributed by atoms with E-state index in [0.717, 1.165) is 17.6 Å². The highest BCUT2D eigenvalue weighted by molar-refractivity contribution is 5.82. The number of hydrogen-bond acceptors (Lipinski definition) is 1. The Kier molecular flexibility index (Phi) is 2.34. The third-order valence-electron chi connectivity index (χ3n) is 4.14. The Bertz CT molecular complexity index is 663. The summed E-state index contributed by atoms with van der Waals surface area (Å²) in [5.41, 5.74) is 6.60. The molecule has 0 saturated carbocycles. The van der Waals surface area contributed by atoms with Crippen molar-refractivity contribution < 1.29 is 0 Å². The predicted molar refractivity (Wildman–Crippen MR) is 77.6 cm³/mol. The Balaban J connectivity index is 2.25. The quantitative estimate of drug-likeness (QED) is 0.656. The highest BCUT2D eigenvalue weighted by Gasteiger charge is 2.26. The van der Waals surface area contributed by atoms with E-state index in [4.69, 9.17) is 4.98 Å². The van der Waals surface area contributed by atoms with Crippen LogP contribution < -0.4 is 0 Å². The van der Waals surface area contributed by atoms with Gasteiger partial charge in [0, 0.05) is 5.39 Å². The number of benzene rings is 1. The maximum Gasteiger partial charge on any atom is 0.0712 e. The van der Waals surface area contributed by atoms with Gasteiger partial charge in [-0.1, -0.05) is 31.6 Å². The van der Waals surface area contributed by atoms with Gasteiger partial charge in [0.2, 0.25) is 0 Å². The summed E-state index contributed by atoms with van der Waals surface area (Å²) < 4.78 is 0. The molecule has 0 atom stereocenters. The summed E-state index contributed by atoms with van der Waals surface area (Å²) >= 11 is 0. The second-order valence-electron chi connectivity index (χ2n) is 6.12. The first-order valence-corrected chi connectivity index (χ1v) is 6.55. The smallest absolute Gasteiger partial charge is 0.0712 e. The second kappa shape index (κ2) is 3.68. The summed E-state index contributed by atoms with van der Waals surface area (Å²) in [6.45, 7) is 8.94. The number of fused-ring (bicyclic) bond motifs is 2. The molecule has 92 valence electrons. The van der Waals surface area contributed by atoms with Gasteiger partial charge in [0.1, 0.15) is 0 Å². The summed E-state index contributed by atoms with van der Waals surface area (Å²) in [5, 5.41) is 1.25. The topological polar surface area (TPSA) is 12.9 Å². The van der Waals surface area contributed by atoms with Gasteiger partial charge in [0.25, 0.3) is 0 Å². The fourth-order valence-electron chi connectivity index (χ4n) is 2.62. The largest absolute Gasteiger partial charge is 0.248 e. The summed E-state index contributed by atoms with van der Waals surface area (Å²) in [7, 11) is 0. The summed E-state index contributed by atoms with van der Waals surface area (Å²) in [6.07, 6.45) is 3.34. The lowest BCUT2D eigenvalue weighted by atomic mass is 9.75. The number of allylic oxidation sites excluding steroid dienone is 1. The lowest BCUT2D eigenvalue weighted by Gasteiger charge is -2.30. The van der Waals surface area contributed by atoms with Crippen molar-refractivity contribution >= 4 is 17.0 Å². The minimum Gasteiger partial charge on any atom is -0.248 e. The molecule has 1 aliphatic carbocycles. The van der Waals surface area contributed by atoms with Crippen LogP contribution in [0.5, 0.6) is 0 Å². The van der Waals surface area contributed by atoms with Gasteiger partial charge >= 0.3 is 0 Å². The molecule has 18 heavy (non-hydrogen) atoms. The molecule has 0 unspecified atom stereocenters. The van der Waals surface area contributed by atoms with Gasteiger partial charge in [-0.25, -0.2) is 4.98 Å². The van der Waals surface area contributed by atoms with Crippen LogP contribution >= 0.6 is 0 Å². The zero-order valence-electron chi connectivity index (χ0n) is 11.5. The van der Waals surface area contributed by atoms with E-state index in [9.17, 15) is 0 Å². The monoisotopic (exact) mass is 237 g/mol. The van der Waals surface area contributed by atoms with E-state index < -0.39 is 0 Å². The number of aromatic nitrogens is 1. The third kappa shape index (κ3) is 1.74. The molecular weight excluding hydrogens is 218 g/mol. The van der Waals surface area contributed by atoms with Crippen molar-refractivity contribution in [1.82, 2.24) is 4.98 Å². The minimum atomic E-state index is 0.257. The molecule has 0 saturated heterocycles. The molecule has 1 aromatic carbocycles. The van der Waals surface area contributed by atoms with Gasteiger partial charge in [-0.2, -0.15) is 0 Å². The first kappa shape index (κ1) is 11.5. The third-order valence-corrected chi connectivity index (χ3v) is 4.14. The number of pyridine rings is 1. The molecule has 1 nitrogen and oxygen atoms in total. The molecule has 2 aromatic rings. The van der Waals surface area contributed by atoms with Gasteiger partial charge in [0.05, 0.1) is 11.2 Å². The lowest BCUT2D eigenvalue weighted by molar-refractivity contribution is 0.440. The van der Waals surface area contributed by atoms with Gasteiger partial charge in [-0.3, -0.25) is 0 Å². The molecule has 0 aliphatic heterocycles. The first-order chi connectivity index (χ1) is 8.45. The standard InChI is InChI=1S/C17H19N/c1-11-5-6-13-9-14-10-17(3,4)12(2)8-16(14)18-15(13)7-11/h5-9H,10H2,1-4H3. The van der Waals surface area contributed by atoms with Crippen LogP contribution in [-0.2, 0) is 6.42 Å². The summed E-state index contributed by atoms with van der Waals surface area (Å²) in [6, 6.07) is 8.81. The van der Waals surface area contributed by atoms with Gasteiger partial charge < -0.3 is 0 Å². The van der Waals surface area contributed by atoms with E-state index >= 15 is 0 Å². The highest BCUT2D eigenvalue weighted by Crippen LogP contribution is 2.37. The molecule has 0 bridgehead atoms. The van der Waals surface area contributed by atoms with Crippen molar-refractivity contribution in [2.75, 3.05) is 0 Å². The van der Waals surface area contributed by atoms with Gasteiger partial charge in [-0.05, 0) is 55.0 Å². The molecule has 0 radical (unpaired) electrons. The molecule has 0 spiro atoms. The number of hydrogen-bond donors (Lipinski definition) is 0. The lowest BCUT2D eigenvalue weighted by Crippen LogP contribution is -2.21. The van der Waals surface area contributed by atoms with E-state index in [-0.39, 0.29) is 5.41 Å². The Hall–Kier alpha value is -1.63. The molecule has 1 aromatic heterocycles. The van der Waals surface area contributed by atoms with E-state index in [0.29, 0.717) is 0 Å². The van der Waals surface area contributed by atoms with Crippen LogP contribution in [0.1, 0.15) is 37.6 Å². The summed E-state index contributed by atoms with van der Waals surface area (Å²) in [4.78, 5) is 4.82. The summed E-state index contributed by atoms with van der Waals surface area (Å²) in [5.74, 6) is 0. The van der Waals surface area contributed by atoms with Crippen molar-refractivity contribution in [3.05, 3.63) is 46.7 Å². The number of aryl methyl sites for hydroxylation is 1. The van der Waals surface area contributed by atoms with Crippen molar-refractivity contribution in [1.29, 1.82) is 0 Å². The van der Waals surface area contributed by atoms with Gasteiger partial charge in [0.15, 0.2) is 0 Å². The fourth-order valence-corrected chi connectivity index (χ4v) is 2.62. The molecule has 0 fully saturated rings. The molecule has 1 heteroatoms. The minimum absolute atomic E-state index is 0.257. The Morgan fingerprint density at radius 3 is 2.67 bits per heavy atom. The zero-order chi connectivity index (χ0) is 12.9. The van der Waals surface area contributed by atoms with Crippen LogP contribution in [0.3, 0.4) is 0 Å². The molecule has 0 N–H and O–H groups in total. The van der Waals surface area contributed by atoms with Crippen molar-refractivity contribution in [2.24, 2.45) is 5.41 Å². The van der Waals surface area contributed by atoms with Crippen LogP contribution in [-0.4, -0.2) is 4.98 Å². The van der Waals surface area contributed by atoms with Crippen LogP contribution in [0.4, 0.5) is 0 Å². The Morgan fingerprint density at radius 1 is 1.11 bits per heavy atom. The van der Waals surface area contributed by atoms with E-state index in [1.807, 2.05) is 0 Å². The molecule has 1 heterocycles. The zero-order valence-corrected chi connectivity index (χ0v) is 11.5. The highest BCUT2D eigenvalue weighted by atomic mass is 14.7. The van der Waals surface area contributed by atoms with Crippen LogP contribution in [0, 0.1) is 12.3 Å². The molecule has 0 amide bonds. The second-order valence-corrected chi connectivity index (χ2v) is 6.12.